The normalized spacial score (nSPS) is 15.1. The topological polar surface area (TPSA) is 111 Å². The monoisotopic (exact) mass is 616 g/mol. The van der Waals surface area contributed by atoms with E-state index >= 15 is 0 Å². The zero-order valence-corrected chi connectivity index (χ0v) is 25.7. The Labute approximate surface area is 262 Å². The van der Waals surface area contributed by atoms with Crippen molar-refractivity contribution >= 4 is 45.6 Å². The molecule has 2 aromatic carbocycles. The molecule has 1 saturated heterocycles. The van der Waals surface area contributed by atoms with Crippen LogP contribution in [0.5, 0.6) is 11.5 Å². The third-order valence-corrected chi connectivity index (χ3v) is 7.64. The standard InChI is InChI=1S/C33H37ClN6O4/c1-40-17-7-9-25(40)11-15-30(41)39-28-13-12-27-31(32(28)43-19-6-5-18-42-2)33(37-22-36-27)38-23-10-14-29(26(34)20-23)44-21-24-8-3-4-16-35-24/h3-4,8,10-16,20,22,25H,5-7,9,17-19,21H2,1-2H3,(H,39,41)(H,36,37,38)/b15-11+/t25-/m1/s1. The van der Waals surface area contributed by atoms with Crippen LogP contribution in [0.4, 0.5) is 17.2 Å². The Bertz CT molecular complexity index is 1590. The second-order valence-corrected chi connectivity index (χ2v) is 10.9. The number of hydrogen-bond donors (Lipinski definition) is 2. The number of carbonyl (C=O) groups excluding carboxylic acids is 1. The number of likely N-dealkylation sites (N-methyl/N-ethyl adjacent to an activating group) is 1. The molecule has 0 spiro atoms. The summed E-state index contributed by atoms with van der Waals surface area (Å²) in [5.41, 5.74) is 2.70. The SMILES string of the molecule is COCCCCOc1c(NC(=O)/C=C/[C@H]2CCCN2C)ccc2ncnc(Nc3ccc(OCc4ccccn4)c(Cl)c3)c12. The number of halogens is 1. The molecule has 1 atom stereocenters. The molecule has 2 N–H and O–H groups in total. The molecular weight excluding hydrogens is 580 g/mol. The lowest BCUT2D eigenvalue weighted by Gasteiger charge is -2.18. The first-order valence-corrected chi connectivity index (χ1v) is 15.1. The molecule has 1 aliphatic heterocycles. The van der Waals surface area contributed by atoms with Crippen LogP contribution in [0.1, 0.15) is 31.4 Å². The lowest BCUT2D eigenvalue weighted by molar-refractivity contribution is -0.112. The molecular formula is C33H37ClN6O4. The highest BCUT2D eigenvalue weighted by molar-refractivity contribution is 6.32. The van der Waals surface area contributed by atoms with Gasteiger partial charge in [-0.1, -0.05) is 23.7 Å². The number of carbonyl (C=O) groups is 1. The van der Waals surface area contributed by atoms with Gasteiger partial charge in [0.05, 0.1) is 33.9 Å². The molecule has 0 aliphatic carbocycles. The first kappa shape index (κ1) is 31.2. The van der Waals surface area contributed by atoms with Gasteiger partial charge in [-0.3, -0.25) is 14.7 Å². The molecule has 2 aromatic heterocycles. The Morgan fingerprint density at radius 2 is 1.98 bits per heavy atom. The largest absolute Gasteiger partial charge is 0.491 e. The lowest BCUT2D eigenvalue weighted by Crippen LogP contribution is -2.23. The smallest absolute Gasteiger partial charge is 0.248 e. The summed E-state index contributed by atoms with van der Waals surface area (Å²) in [4.78, 5) is 28.5. The number of likely N-dealkylation sites (tertiary alicyclic amines) is 1. The van der Waals surface area contributed by atoms with Gasteiger partial charge in [-0.15, -0.1) is 0 Å². The molecule has 5 rings (SSSR count). The fourth-order valence-corrected chi connectivity index (χ4v) is 5.24. The highest BCUT2D eigenvalue weighted by Gasteiger charge is 2.20. The number of pyridine rings is 1. The molecule has 1 fully saturated rings. The molecule has 1 amide bonds. The van der Waals surface area contributed by atoms with E-state index in [1.807, 2.05) is 42.5 Å². The van der Waals surface area contributed by atoms with E-state index in [4.69, 9.17) is 25.8 Å². The van der Waals surface area contributed by atoms with Gasteiger partial charge in [0, 0.05) is 37.7 Å². The summed E-state index contributed by atoms with van der Waals surface area (Å²) >= 11 is 6.58. The minimum Gasteiger partial charge on any atom is -0.491 e. The maximum absolute atomic E-state index is 13.0. The van der Waals surface area contributed by atoms with Gasteiger partial charge in [-0.25, -0.2) is 9.97 Å². The number of hydrogen-bond acceptors (Lipinski definition) is 9. The van der Waals surface area contributed by atoms with Crippen molar-refractivity contribution in [3.8, 4) is 11.5 Å². The maximum Gasteiger partial charge on any atom is 0.248 e. The number of amides is 1. The van der Waals surface area contributed by atoms with E-state index in [1.165, 1.54) is 6.33 Å². The molecule has 44 heavy (non-hydrogen) atoms. The maximum atomic E-state index is 13.0. The first-order chi connectivity index (χ1) is 21.5. The Morgan fingerprint density at radius 1 is 1.09 bits per heavy atom. The van der Waals surface area contributed by atoms with Crippen LogP contribution < -0.4 is 20.1 Å². The van der Waals surface area contributed by atoms with Gasteiger partial charge in [0.1, 0.15) is 24.5 Å². The van der Waals surface area contributed by atoms with Crippen molar-refractivity contribution in [3.63, 3.8) is 0 Å². The number of nitrogens with one attached hydrogen (secondary N) is 2. The lowest BCUT2D eigenvalue weighted by atomic mass is 10.1. The quantitative estimate of drug-likeness (QED) is 0.123. The molecule has 0 saturated carbocycles. The Morgan fingerprint density at radius 3 is 2.75 bits per heavy atom. The van der Waals surface area contributed by atoms with Crippen molar-refractivity contribution in [1.29, 1.82) is 0 Å². The Balaban J connectivity index is 1.39. The van der Waals surface area contributed by atoms with Crippen LogP contribution >= 0.6 is 11.6 Å². The zero-order valence-electron chi connectivity index (χ0n) is 25.0. The van der Waals surface area contributed by atoms with Gasteiger partial charge in [0.2, 0.25) is 5.91 Å². The van der Waals surface area contributed by atoms with Crippen molar-refractivity contribution < 1.29 is 19.0 Å². The van der Waals surface area contributed by atoms with Gasteiger partial charge in [-0.05, 0) is 81.7 Å². The molecule has 0 radical (unpaired) electrons. The Hall–Kier alpha value is -4.25. The average molecular weight is 617 g/mol. The van der Waals surface area contributed by atoms with Gasteiger partial charge in [-0.2, -0.15) is 0 Å². The third kappa shape index (κ3) is 8.22. The van der Waals surface area contributed by atoms with E-state index in [0.717, 1.165) is 37.9 Å². The molecule has 0 bridgehead atoms. The predicted molar refractivity (Wildman–Crippen MR) is 173 cm³/mol. The molecule has 4 aromatic rings. The number of rotatable bonds is 14. The highest BCUT2D eigenvalue weighted by Crippen LogP contribution is 2.39. The van der Waals surface area contributed by atoms with Crippen LogP contribution in [-0.2, 0) is 16.1 Å². The minimum atomic E-state index is -0.228. The van der Waals surface area contributed by atoms with Crippen LogP contribution in [-0.4, -0.2) is 65.7 Å². The Kier molecular flexibility index (Phi) is 11.0. The van der Waals surface area contributed by atoms with Crippen LogP contribution in [0.2, 0.25) is 5.02 Å². The van der Waals surface area contributed by atoms with E-state index in [0.29, 0.717) is 64.4 Å². The van der Waals surface area contributed by atoms with E-state index in [1.54, 1.807) is 31.5 Å². The van der Waals surface area contributed by atoms with Crippen molar-refractivity contribution in [2.75, 3.05) is 44.5 Å². The second-order valence-electron chi connectivity index (χ2n) is 10.5. The summed E-state index contributed by atoms with van der Waals surface area (Å²) in [6.07, 6.45) is 10.5. The van der Waals surface area contributed by atoms with Gasteiger partial charge in [0.15, 0.2) is 5.75 Å². The molecule has 230 valence electrons. The zero-order chi connectivity index (χ0) is 30.7. The number of unbranched alkanes of at least 4 members (excludes halogenated alkanes) is 1. The van der Waals surface area contributed by atoms with E-state index < -0.39 is 0 Å². The molecule has 0 unspecified atom stereocenters. The number of aromatic nitrogens is 3. The van der Waals surface area contributed by atoms with Gasteiger partial charge >= 0.3 is 0 Å². The van der Waals surface area contributed by atoms with E-state index in [2.05, 4.69) is 37.5 Å². The number of fused-ring (bicyclic) bond motifs is 1. The van der Waals surface area contributed by atoms with Crippen molar-refractivity contribution in [3.05, 3.63) is 83.9 Å². The first-order valence-electron chi connectivity index (χ1n) is 14.7. The van der Waals surface area contributed by atoms with Crippen LogP contribution in [0.15, 0.2) is 73.2 Å². The number of methoxy groups -OCH3 is 1. The summed E-state index contributed by atoms with van der Waals surface area (Å²) < 4.78 is 17.4. The highest BCUT2D eigenvalue weighted by atomic mass is 35.5. The summed E-state index contributed by atoms with van der Waals surface area (Å²) in [6, 6.07) is 15.0. The van der Waals surface area contributed by atoms with Crippen LogP contribution in [0, 0.1) is 0 Å². The fraction of sp³-hybridized carbons (Fsp3) is 0.333. The van der Waals surface area contributed by atoms with Crippen molar-refractivity contribution in [2.45, 2.75) is 38.3 Å². The van der Waals surface area contributed by atoms with Crippen LogP contribution in [0.25, 0.3) is 10.9 Å². The summed E-state index contributed by atoms with van der Waals surface area (Å²) in [5, 5.41) is 7.44. The summed E-state index contributed by atoms with van der Waals surface area (Å²) in [7, 11) is 3.75. The van der Waals surface area contributed by atoms with Crippen molar-refractivity contribution in [1.82, 2.24) is 19.9 Å². The minimum absolute atomic E-state index is 0.228. The third-order valence-electron chi connectivity index (χ3n) is 7.35. The fourth-order valence-electron chi connectivity index (χ4n) is 5.01. The molecule has 1 aliphatic rings. The van der Waals surface area contributed by atoms with E-state index in [9.17, 15) is 4.79 Å². The number of anilines is 3. The second kappa shape index (κ2) is 15.5. The van der Waals surface area contributed by atoms with E-state index in [-0.39, 0.29) is 11.9 Å². The van der Waals surface area contributed by atoms with Gasteiger partial charge < -0.3 is 24.8 Å². The molecule has 10 nitrogen and oxygen atoms in total. The van der Waals surface area contributed by atoms with Gasteiger partial charge in [0.25, 0.3) is 0 Å². The summed E-state index contributed by atoms with van der Waals surface area (Å²) in [6.45, 7) is 2.40. The number of benzene rings is 2. The predicted octanol–water partition coefficient (Wildman–Crippen LogP) is 6.40. The number of nitrogens with zero attached hydrogens (tertiary/aromatic N) is 4. The van der Waals surface area contributed by atoms with Crippen molar-refractivity contribution in [2.24, 2.45) is 0 Å². The molecule has 3 heterocycles. The molecule has 11 heteroatoms. The summed E-state index contributed by atoms with van der Waals surface area (Å²) in [5.74, 6) is 1.31. The number of ether oxygens (including phenoxy) is 3. The van der Waals surface area contributed by atoms with Crippen LogP contribution in [0.3, 0.4) is 0 Å². The average Bonchev–Trinajstić information content (AvgIpc) is 3.45.